The number of aryl methyl sites for hydroxylation is 2. The number of ether oxygens (including phenoxy) is 2. The van der Waals surface area contributed by atoms with Crippen LogP contribution in [-0.4, -0.2) is 13.9 Å². The minimum Gasteiger partial charge on any atom is -0.467 e. The third-order valence-electron chi connectivity index (χ3n) is 6.39. The average molecular weight is 497 g/mol. The van der Waals surface area contributed by atoms with Gasteiger partial charge in [0.25, 0.3) is 0 Å². The summed E-state index contributed by atoms with van der Waals surface area (Å²) < 4.78 is 53.5. The standard InChI is InChI=1S/C28H40F3O2P/c1-9-11-14-27(10-2,34-24-13-12-19(3)15-22(24)28(29,30)31)23-17-21(26(5,6)7)16-20(4)25(23)33-18-32-8/h12-13,15-17,34H,9-11,14,18H2,1-8H3. The summed E-state index contributed by atoms with van der Waals surface area (Å²) in [5, 5.41) is -0.104. The Hall–Kier alpha value is -1.58. The number of alkyl halides is 3. The van der Waals surface area contributed by atoms with Crippen LogP contribution in [0.1, 0.15) is 88.1 Å². The Bertz CT molecular complexity index is 963. The number of rotatable bonds is 10. The van der Waals surface area contributed by atoms with E-state index in [9.17, 15) is 13.2 Å². The molecule has 0 bridgehead atoms. The molecule has 0 radical (unpaired) electrons. The van der Waals surface area contributed by atoms with E-state index in [4.69, 9.17) is 9.47 Å². The van der Waals surface area contributed by atoms with Gasteiger partial charge < -0.3 is 9.47 Å². The lowest BCUT2D eigenvalue weighted by Crippen LogP contribution is -2.28. The van der Waals surface area contributed by atoms with Crippen LogP contribution >= 0.6 is 8.58 Å². The van der Waals surface area contributed by atoms with Crippen LogP contribution in [-0.2, 0) is 21.5 Å². The SMILES string of the molecule is CCCCC(CC)(Pc1ccc(C)cc1C(F)(F)F)c1cc(C(C)(C)C)cc(C)c1OCOC. The zero-order valence-corrected chi connectivity index (χ0v) is 22.9. The van der Waals surface area contributed by atoms with Crippen LogP contribution in [0, 0.1) is 13.8 Å². The van der Waals surface area contributed by atoms with Crippen molar-refractivity contribution in [3.63, 3.8) is 0 Å². The molecule has 2 rings (SSSR count). The van der Waals surface area contributed by atoms with Gasteiger partial charge >= 0.3 is 6.18 Å². The van der Waals surface area contributed by atoms with E-state index in [0.29, 0.717) is 17.3 Å². The Morgan fingerprint density at radius 1 is 0.941 bits per heavy atom. The smallest absolute Gasteiger partial charge is 0.417 e. The van der Waals surface area contributed by atoms with Gasteiger partial charge in [0.05, 0.1) is 5.56 Å². The summed E-state index contributed by atoms with van der Waals surface area (Å²) in [6.45, 7) is 14.5. The van der Waals surface area contributed by atoms with Crippen molar-refractivity contribution in [3.8, 4) is 5.75 Å². The molecule has 0 aliphatic carbocycles. The Labute approximate surface area is 205 Å². The topological polar surface area (TPSA) is 18.5 Å². The largest absolute Gasteiger partial charge is 0.467 e. The van der Waals surface area contributed by atoms with Gasteiger partial charge in [0.1, 0.15) is 5.75 Å². The summed E-state index contributed by atoms with van der Waals surface area (Å²) in [4.78, 5) is 0. The van der Waals surface area contributed by atoms with Gasteiger partial charge in [0, 0.05) is 17.8 Å². The number of halogens is 3. The van der Waals surface area contributed by atoms with Crippen molar-refractivity contribution in [2.45, 2.75) is 90.9 Å². The Balaban J connectivity index is 2.82. The highest BCUT2D eigenvalue weighted by atomic mass is 31.1. The van der Waals surface area contributed by atoms with Gasteiger partial charge in [-0.3, -0.25) is 0 Å². The van der Waals surface area contributed by atoms with E-state index >= 15 is 0 Å². The van der Waals surface area contributed by atoms with Gasteiger partial charge in [-0.2, -0.15) is 13.2 Å². The Morgan fingerprint density at radius 3 is 2.15 bits per heavy atom. The van der Waals surface area contributed by atoms with E-state index < -0.39 is 16.9 Å². The molecule has 0 spiro atoms. The Kier molecular flexibility index (Phi) is 9.64. The lowest BCUT2D eigenvalue weighted by Gasteiger charge is -2.37. The van der Waals surface area contributed by atoms with Gasteiger partial charge in [0.15, 0.2) is 6.79 Å². The molecule has 0 saturated carbocycles. The quantitative estimate of drug-likeness (QED) is 0.243. The fourth-order valence-corrected chi connectivity index (χ4v) is 6.16. The molecule has 0 heterocycles. The molecule has 0 aromatic heterocycles. The maximum Gasteiger partial charge on any atom is 0.417 e. The van der Waals surface area contributed by atoms with Gasteiger partial charge in [-0.1, -0.05) is 85.9 Å². The minimum absolute atomic E-state index is 0.0413. The third kappa shape index (κ3) is 6.76. The zero-order valence-electron chi connectivity index (χ0n) is 21.9. The van der Waals surface area contributed by atoms with Crippen molar-refractivity contribution in [1.82, 2.24) is 0 Å². The van der Waals surface area contributed by atoms with Crippen LogP contribution < -0.4 is 10.0 Å². The van der Waals surface area contributed by atoms with Gasteiger partial charge in [-0.15, -0.1) is 0 Å². The summed E-state index contributed by atoms with van der Waals surface area (Å²) >= 11 is 0. The average Bonchev–Trinajstić information content (AvgIpc) is 2.75. The second kappa shape index (κ2) is 11.4. The summed E-state index contributed by atoms with van der Waals surface area (Å²) in [6.07, 6.45) is -0.987. The molecule has 34 heavy (non-hydrogen) atoms. The molecule has 0 fully saturated rings. The van der Waals surface area contributed by atoms with E-state index in [2.05, 4.69) is 46.8 Å². The van der Waals surface area contributed by atoms with Gasteiger partial charge in [-0.25, -0.2) is 0 Å². The van der Waals surface area contributed by atoms with Crippen molar-refractivity contribution in [1.29, 1.82) is 0 Å². The molecule has 2 nitrogen and oxygen atoms in total. The summed E-state index contributed by atoms with van der Waals surface area (Å²) in [5.41, 5.74) is 3.13. The molecule has 0 saturated heterocycles. The first-order valence-corrected chi connectivity index (χ1v) is 13.0. The molecule has 2 atom stereocenters. The number of unbranched alkanes of at least 4 members (excludes halogenated alkanes) is 1. The van der Waals surface area contributed by atoms with Crippen LogP contribution in [0.5, 0.6) is 5.75 Å². The summed E-state index contributed by atoms with van der Waals surface area (Å²) in [6, 6.07) is 9.04. The first kappa shape index (κ1) is 28.7. The monoisotopic (exact) mass is 496 g/mol. The van der Waals surface area contributed by atoms with Crippen molar-refractivity contribution >= 4 is 13.9 Å². The van der Waals surface area contributed by atoms with E-state index in [0.717, 1.165) is 41.7 Å². The molecule has 2 unspecified atom stereocenters. The lowest BCUT2D eigenvalue weighted by molar-refractivity contribution is -0.136. The molecular weight excluding hydrogens is 456 g/mol. The molecule has 0 aliphatic rings. The molecule has 6 heteroatoms. The van der Waals surface area contributed by atoms with E-state index in [1.165, 1.54) is 6.07 Å². The predicted molar refractivity (Wildman–Crippen MR) is 138 cm³/mol. The molecule has 2 aromatic carbocycles. The number of methoxy groups -OCH3 is 1. The number of benzene rings is 2. The van der Waals surface area contributed by atoms with Crippen molar-refractivity contribution < 1.29 is 22.6 Å². The molecule has 0 N–H and O–H groups in total. The normalized spacial score (nSPS) is 14.6. The van der Waals surface area contributed by atoms with Gasteiger partial charge in [-0.05, 0) is 54.6 Å². The second-order valence-electron chi connectivity index (χ2n) is 10.2. The van der Waals surface area contributed by atoms with Crippen LogP contribution in [0.3, 0.4) is 0 Å². The van der Waals surface area contributed by atoms with Crippen LogP contribution in [0.25, 0.3) is 0 Å². The molecule has 0 amide bonds. The first-order valence-electron chi connectivity index (χ1n) is 12.0. The van der Waals surface area contributed by atoms with E-state index in [1.54, 1.807) is 26.2 Å². The predicted octanol–water partition coefficient (Wildman–Crippen LogP) is 8.40. The summed E-state index contributed by atoms with van der Waals surface area (Å²) in [7, 11) is 1.53. The van der Waals surface area contributed by atoms with E-state index in [-0.39, 0.29) is 20.8 Å². The highest BCUT2D eigenvalue weighted by molar-refractivity contribution is 7.48. The van der Waals surface area contributed by atoms with Crippen LogP contribution in [0.15, 0.2) is 30.3 Å². The second-order valence-corrected chi connectivity index (χ2v) is 11.9. The summed E-state index contributed by atoms with van der Waals surface area (Å²) in [5.74, 6) is 0.737. The van der Waals surface area contributed by atoms with Crippen LogP contribution in [0.4, 0.5) is 13.2 Å². The third-order valence-corrected chi connectivity index (χ3v) is 8.45. The molecule has 2 aromatic rings. The highest BCUT2D eigenvalue weighted by Crippen LogP contribution is 2.53. The fraction of sp³-hybridized carbons (Fsp3) is 0.571. The minimum atomic E-state index is -4.39. The first-order chi connectivity index (χ1) is 15.8. The maximum absolute atomic E-state index is 14.1. The molecular formula is C28H40F3O2P. The van der Waals surface area contributed by atoms with Crippen molar-refractivity contribution in [3.05, 3.63) is 58.1 Å². The van der Waals surface area contributed by atoms with Gasteiger partial charge in [0.2, 0.25) is 0 Å². The zero-order chi connectivity index (χ0) is 25.7. The molecule has 0 aliphatic heterocycles. The molecule has 190 valence electrons. The maximum atomic E-state index is 14.1. The number of hydrogen-bond donors (Lipinski definition) is 0. The van der Waals surface area contributed by atoms with Crippen molar-refractivity contribution in [2.24, 2.45) is 0 Å². The number of hydrogen-bond acceptors (Lipinski definition) is 2. The van der Waals surface area contributed by atoms with E-state index in [1.807, 2.05) is 6.92 Å². The van der Waals surface area contributed by atoms with Crippen molar-refractivity contribution in [2.75, 3.05) is 13.9 Å². The lowest BCUT2D eigenvalue weighted by atomic mass is 9.80. The Morgan fingerprint density at radius 2 is 1.62 bits per heavy atom. The fourth-order valence-electron chi connectivity index (χ4n) is 4.33. The van der Waals surface area contributed by atoms with Crippen LogP contribution in [0.2, 0.25) is 0 Å². The highest BCUT2D eigenvalue weighted by Gasteiger charge is 2.39.